The van der Waals surface area contributed by atoms with Gasteiger partial charge in [0.25, 0.3) is 0 Å². The fraction of sp³-hybridized carbons (Fsp3) is 0.111. The first kappa shape index (κ1) is 17.3. The number of nitrogens with zero attached hydrogens (tertiary/aromatic N) is 3. The maximum absolute atomic E-state index is 6.09. The SMILES string of the molecule is Cc1cn(N=Cc2cc(Cl)ccc2OCc2cccc(Cl)c2)c(N)n1. The molecule has 0 amide bonds. The molecule has 1 heterocycles. The van der Waals surface area contributed by atoms with Crippen LogP contribution in [0, 0.1) is 6.92 Å². The van der Waals surface area contributed by atoms with Gasteiger partial charge in [0.15, 0.2) is 0 Å². The van der Waals surface area contributed by atoms with Crippen LogP contribution >= 0.6 is 23.2 Å². The molecule has 0 aliphatic carbocycles. The van der Waals surface area contributed by atoms with E-state index in [-0.39, 0.29) is 0 Å². The molecule has 0 fully saturated rings. The number of anilines is 1. The second kappa shape index (κ2) is 7.59. The molecular formula is C18H16Cl2N4O. The molecule has 128 valence electrons. The summed E-state index contributed by atoms with van der Waals surface area (Å²) >= 11 is 12.1. The molecule has 0 aliphatic heterocycles. The van der Waals surface area contributed by atoms with Crippen molar-refractivity contribution in [3.63, 3.8) is 0 Å². The van der Waals surface area contributed by atoms with E-state index in [1.54, 1.807) is 30.6 Å². The molecule has 2 aromatic carbocycles. The second-order valence-electron chi connectivity index (χ2n) is 5.43. The smallest absolute Gasteiger partial charge is 0.221 e. The molecule has 5 nitrogen and oxygen atoms in total. The number of hydrogen-bond donors (Lipinski definition) is 1. The van der Waals surface area contributed by atoms with E-state index in [1.807, 2.05) is 31.2 Å². The number of nitrogen functional groups attached to an aromatic ring is 1. The molecule has 1 aromatic heterocycles. The van der Waals surface area contributed by atoms with Gasteiger partial charge in [0, 0.05) is 15.6 Å². The average molecular weight is 375 g/mol. The summed E-state index contributed by atoms with van der Waals surface area (Å²) in [7, 11) is 0. The van der Waals surface area contributed by atoms with Crippen LogP contribution in [-0.4, -0.2) is 15.9 Å². The normalized spacial score (nSPS) is 11.2. The van der Waals surface area contributed by atoms with E-state index in [1.165, 1.54) is 4.68 Å². The van der Waals surface area contributed by atoms with Crippen LogP contribution in [0.15, 0.2) is 53.8 Å². The van der Waals surface area contributed by atoms with Gasteiger partial charge in [0.2, 0.25) is 5.95 Å². The Balaban J connectivity index is 1.81. The number of imidazole rings is 1. The van der Waals surface area contributed by atoms with Gasteiger partial charge in [-0.3, -0.25) is 0 Å². The van der Waals surface area contributed by atoms with Gasteiger partial charge in [-0.05, 0) is 42.8 Å². The minimum Gasteiger partial charge on any atom is -0.488 e. The lowest BCUT2D eigenvalue weighted by atomic mass is 10.2. The minimum absolute atomic E-state index is 0.317. The van der Waals surface area contributed by atoms with Crippen LogP contribution in [0.4, 0.5) is 5.95 Å². The van der Waals surface area contributed by atoms with Crippen molar-refractivity contribution >= 4 is 35.4 Å². The Bertz CT molecular complexity index is 921. The molecule has 0 radical (unpaired) electrons. The molecule has 3 rings (SSSR count). The summed E-state index contributed by atoms with van der Waals surface area (Å²) in [5.74, 6) is 0.973. The number of aromatic nitrogens is 2. The molecule has 0 bridgehead atoms. The van der Waals surface area contributed by atoms with Crippen LogP contribution in [0.2, 0.25) is 10.0 Å². The first-order valence-electron chi connectivity index (χ1n) is 7.54. The van der Waals surface area contributed by atoms with Gasteiger partial charge >= 0.3 is 0 Å². The third kappa shape index (κ3) is 4.53. The number of halogens is 2. The van der Waals surface area contributed by atoms with E-state index in [0.29, 0.717) is 28.3 Å². The Morgan fingerprint density at radius 2 is 2.00 bits per heavy atom. The summed E-state index contributed by atoms with van der Waals surface area (Å²) in [4.78, 5) is 4.10. The number of ether oxygens (including phenoxy) is 1. The number of nitrogens with two attached hydrogens (primary N) is 1. The van der Waals surface area contributed by atoms with Crippen molar-refractivity contribution in [2.24, 2.45) is 5.10 Å². The third-order valence-corrected chi connectivity index (χ3v) is 3.88. The molecule has 0 unspecified atom stereocenters. The van der Waals surface area contributed by atoms with Crippen molar-refractivity contribution in [1.29, 1.82) is 0 Å². The first-order valence-corrected chi connectivity index (χ1v) is 8.29. The fourth-order valence-electron chi connectivity index (χ4n) is 2.26. The van der Waals surface area contributed by atoms with E-state index in [2.05, 4.69) is 10.1 Å². The zero-order chi connectivity index (χ0) is 17.8. The Hall–Kier alpha value is -2.50. The minimum atomic E-state index is 0.317. The summed E-state index contributed by atoms with van der Waals surface area (Å²) in [6.07, 6.45) is 3.37. The van der Waals surface area contributed by atoms with Crippen molar-refractivity contribution in [3.8, 4) is 5.75 Å². The van der Waals surface area contributed by atoms with Gasteiger partial charge in [0.1, 0.15) is 12.4 Å². The van der Waals surface area contributed by atoms with Gasteiger partial charge in [-0.25, -0.2) is 9.66 Å². The molecule has 0 spiro atoms. The molecular weight excluding hydrogens is 359 g/mol. The highest BCUT2D eigenvalue weighted by molar-refractivity contribution is 6.31. The molecule has 0 aliphatic rings. The van der Waals surface area contributed by atoms with E-state index in [9.17, 15) is 0 Å². The van der Waals surface area contributed by atoms with Crippen LogP contribution in [0.5, 0.6) is 5.75 Å². The fourth-order valence-corrected chi connectivity index (χ4v) is 2.65. The first-order chi connectivity index (χ1) is 12.0. The Kier molecular flexibility index (Phi) is 5.26. The largest absolute Gasteiger partial charge is 0.488 e. The molecule has 0 saturated heterocycles. The molecule has 0 saturated carbocycles. The summed E-state index contributed by atoms with van der Waals surface area (Å²) in [5.41, 5.74) is 8.29. The topological polar surface area (TPSA) is 65.4 Å². The van der Waals surface area contributed by atoms with Gasteiger partial charge in [-0.1, -0.05) is 35.3 Å². The van der Waals surface area contributed by atoms with Crippen molar-refractivity contribution in [1.82, 2.24) is 9.66 Å². The maximum atomic E-state index is 6.09. The zero-order valence-electron chi connectivity index (χ0n) is 13.5. The predicted octanol–water partition coefficient (Wildman–Crippen LogP) is 4.54. The Morgan fingerprint density at radius 3 is 2.72 bits per heavy atom. The quantitative estimate of drug-likeness (QED) is 0.666. The summed E-state index contributed by atoms with van der Waals surface area (Å²) in [6, 6.07) is 12.9. The van der Waals surface area contributed by atoms with Crippen LogP contribution in [-0.2, 0) is 6.61 Å². The number of hydrogen-bond acceptors (Lipinski definition) is 4. The summed E-state index contributed by atoms with van der Waals surface area (Å²) in [5, 5.41) is 5.57. The molecule has 7 heteroatoms. The molecule has 0 atom stereocenters. The predicted molar refractivity (Wildman–Crippen MR) is 102 cm³/mol. The summed E-state index contributed by atoms with van der Waals surface area (Å²) < 4.78 is 7.39. The second-order valence-corrected chi connectivity index (χ2v) is 6.30. The lowest BCUT2D eigenvalue weighted by Gasteiger charge is -2.10. The number of rotatable bonds is 5. The van der Waals surface area contributed by atoms with Crippen molar-refractivity contribution < 1.29 is 4.74 Å². The molecule has 3 aromatic rings. The zero-order valence-corrected chi connectivity index (χ0v) is 15.0. The molecule has 25 heavy (non-hydrogen) atoms. The van der Waals surface area contributed by atoms with Crippen LogP contribution in [0.3, 0.4) is 0 Å². The lowest BCUT2D eigenvalue weighted by molar-refractivity contribution is 0.306. The van der Waals surface area contributed by atoms with Gasteiger partial charge in [0.05, 0.1) is 18.1 Å². The van der Waals surface area contributed by atoms with Crippen molar-refractivity contribution in [3.05, 3.63) is 75.5 Å². The van der Waals surface area contributed by atoms with E-state index in [0.717, 1.165) is 16.8 Å². The van der Waals surface area contributed by atoms with Crippen molar-refractivity contribution in [2.45, 2.75) is 13.5 Å². The van der Waals surface area contributed by atoms with E-state index in [4.69, 9.17) is 33.7 Å². The number of aryl methyl sites for hydroxylation is 1. The highest BCUT2D eigenvalue weighted by Crippen LogP contribution is 2.23. The lowest BCUT2D eigenvalue weighted by Crippen LogP contribution is -2.00. The maximum Gasteiger partial charge on any atom is 0.221 e. The Labute approximate surface area is 155 Å². The third-order valence-electron chi connectivity index (χ3n) is 3.41. The van der Waals surface area contributed by atoms with Crippen LogP contribution < -0.4 is 10.5 Å². The van der Waals surface area contributed by atoms with Gasteiger partial charge in [-0.15, -0.1) is 0 Å². The van der Waals surface area contributed by atoms with Gasteiger partial charge in [-0.2, -0.15) is 5.10 Å². The summed E-state index contributed by atoms with van der Waals surface area (Å²) in [6.45, 7) is 2.23. The van der Waals surface area contributed by atoms with Crippen LogP contribution in [0.25, 0.3) is 0 Å². The van der Waals surface area contributed by atoms with E-state index < -0.39 is 0 Å². The Morgan fingerprint density at radius 1 is 1.20 bits per heavy atom. The standard InChI is InChI=1S/C18H16Cl2N4O/c1-12-10-24(18(21)23-12)22-9-14-8-16(20)5-6-17(14)25-11-13-3-2-4-15(19)7-13/h2-10H,11H2,1H3,(H2,21,23). The van der Waals surface area contributed by atoms with Gasteiger partial charge < -0.3 is 10.5 Å². The number of benzene rings is 2. The average Bonchev–Trinajstić information content (AvgIpc) is 2.89. The van der Waals surface area contributed by atoms with E-state index >= 15 is 0 Å². The molecule has 2 N–H and O–H groups in total. The van der Waals surface area contributed by atoms with Crippen LogP contribution in [0.1, 0.15) is 16.8 Å². The highest BCUT2D eigenvalue weighted by Gasteiger charge is 2.05. The monoisotopic (exact) mass is 374 g/mol. The highest BCUT2D eigenvalue weighted by atomic mass is 35.5. The van der Waals surface area contributed by atoms with Crippen molar-refractivity contribution in [2.75, 3.05) is 5.73 Å².